The van der Waals surface area contributed by atoms with E-state index in [2.05, 4.69) is 15.8 Å². The third-order valence-corrected chi connectivity index (χ3v) is 6.18. The minimum absolute atomic E-state index is 0.00772. The lowest BCUT2D eigenvalue weighted by atomic mass is 10.1. The molecule has 0 aromatic heterocycles. The first-order valence-electron chi connectivity index (χ1n) is 13.7. The molecule has 4 aromatic carbocycles. The molecule has 0 saturated carbocycles. The first-order valence-corrected chi connectivity index (χ1v) is 13.7. The van der Waals surface area contributed by atoms with E-state index in [0.717, 1.165) is 5.69 Å². The van der Waals surface area contributed by atoms with Gasteiger partial charge in [0.2, 0.25) is 0 Å². The molecule has 0 atom stereocenters. The van der Waals surface area contributed by atoms with Crippen LogP contribution in [-0.2, 0) is 4.79 Å². The van der Waals surface area contributed by atoms with Crippen LogP contribution in [0, 0.1) is 5.82 Å². The van der Waals surface area contributed by atoms with E-state index >= 15 is 0 Å². The van der Waals surface area contributed by atoms with Crippen molar-refractivity contribution in [3.63, 3.8) is 0 Å². The normalized spacial score (nSPS) is 11.1. The zero-order valence-electron chi connectivity index (χ0n) is 24.4. The smallest absolute Gasteiger partial charge is 0.343 e. The molecule has 0 saturated heterocycles. The number of esters is 1. The van der Waals surface area contributed by atoms with E-state index in [9.17, 15) is 18.8 Å². The Morgan fingerprint density at radius 3 is 2.18 bits per heavy atom. The van der Waals surface area contributed by atoms with Crippen molar-refractivity contribution >= 4 is 35.8 Å². The van der Waals surface area contributed by atoms with Gasteiger partial charge in [0, 0.05) is 25.3 Å². The summed E-state index contributed by atoms with van der Waals surface area (Å²) in [5.41, 5.74) is 5.22. The van der Waals surface area contributed by atoms with Crippen molar-refractivity contribution in [1.29, 1.82) is 0 Å². The first-order chi connectivity index (χ1) is 21.2. The lowest BCUT2D eigenvalue weighted by Gasteiger charge is -2.13. The fraction of sp³-hybridized carbons (Fsp3) is 0.118. The average Bonchev–Trinajstić information content (AvgIpc) is 3.03. The van der Waals surface area contributed by atoms with E-state index in [0.29, 0.717) is 23.3 Å². The van der Waals surface area contributed by atoms with Crippen molar-refractivity contribution in [1.82, 2.24) is 10.7 Å². The van der Waals surface area contributed by atoms with Crippen molar-refractivity contribution in [3.05, 3.63) is 131 Å². The van der Waals surface area contributed by atoms with Gasteiger partial charge in [-0.2, -0.15) is 5.10 Å². The van der Waals surface area contributed by atoms with Gasteiger partial charge in [-0.25, -0.2) is 14.6 Å². The Morgan fingerprint density at radius 1 is 0.841 bits per heavy atom. The predicted octanol–water partition coefficient (Wildman–Crippen LogP) is 5.43. The second kappa shape index (κ2) is 14.9. The van der Waals surface area contributed by atoms with Gasteiger partial charge in [0.15, 0.2) is 11.5 Å². The second-order valence-corrected chi connectivity index (χ2v) is 9.60. The number of nitrogens with one attached hydrogen (secondary N) is 2. The number of hydrazone groups is 1. The van der Waals surface area contributed by atoms with Gasteiger partial charge < -0.3 is 19.7 Å². The predicted molar refractivity (Wildman–Crippen MR) is 167 cm³/mol. The quantitative estimate of drug-likeness (QED) is 0.0788. The van der Waals surface area contributed by atoms with Gasteiger partial charge in [0.1, 0.15) is 11.5 Å². The number of halogens is 1. The van der Waals surface area contributed by atoms with Gasteiger partial charge >= 0.3 is 5.97 Å². The third-order valence-electron chi connectivity index (χ3n) is 6.18. The number of nitrogens with zero attached hydrogens (tertiary/aromatic N) is 2. The fourth-order valence-electron chi connectivity index (χ4n) is 3.91. The van der Waals surface area contributed by atoms with Crippen LogP contribution in [0.1, 0.15) is 38.8 Å². The fourth-order valence-corrected chi connectivity index (χ4v) is 3.91. The van der Waals surface area contributed by atoms with E-state index < -0.39 is 23.6 Å². The summed E-state index contributed by atoms with van der Waals surface area (Å²) in [5, 5.41) is 6.72. The van der Waals surface area contributed by atoms with Crippen LogP contribution < -0.4 is 25.1 Å². The van der Waals surface area contributed by atoms with Crippen LogP contribution in [0.3, 0.4) is 0 Å². The van der Waals surface area contributed by atoms with Crippen LogP contribution in [-0.4, -0.2) is 44.7 Å². The largest absolute Gasteiger partial charge is 0.490 e. The standard InChI is InChI=1S/C34H31FN4O5/c1-4-43-31-21-24(12-19-30(31)44-34(42)26-13-15-27(35)16-14-26)22-36-38-33(41)29(37-32(40)25-8-6-5-7-9-25)20-23-10-17-28(18-11-23)39(2)3/h5-22H,4H2,1-3H3,(H,37,40)(H,38,41)/b29-20-,36-22+. The average molecular weight is 595 g/mol. The topological polar surface area (TPSA) is 109 Å². The zero-order chi connectivity index (χ0) is 31.5. The molecule has 0 spiro atoms. The van der Waals surface area contributed by atoms with Crippen LogP contribution in [0.2, 0.25) is 0 Å². The Labute approximate surface area is 254 Å². The van der Waals surface area contributed by atoms with Gasteiger partial charge in [0.25, 0.3) is 11.8 Å². The maximum Gasteiger partial charge on any atom is 0.343 e. The number of carbonyl (C=O) groups is 3. The highest BCUT2D eigenvalue weighted by molar-refractivity contribution is 6.05. The van der Waals surface area contributed by atoms with Gasteiger partial charge in [-0.05, 0) is 90.9 Å². The van der Waals surface area contributed by atoms with Crippen LogP contribution in [0.4, 0.5) is 10.1 Å². The van der Waals surface area contributed by atoms with Crippen molar-refractivity contribution in [2.24, 2.45) is 5.10 Å². The molecule has 2 amide bonds. The number of hydrogen-bond acceptors (Lipinski definition) is 7. The minimum atomic E-state index is -0.673. The molecular formula is C34H31FN4O5. The second-order valence-electron chi connectivity index (χ2n) is 9.60. The summed E-state index contributed by atoms with van der Waals surface area (Å²) in [6.45, 7) is 2.07. The summed E-state index contributed by atoms with van der Waals surface area (Å²) >= 11 is 0. The van der Waals surface area contributed by atoms with E-state index in [1.807, 2.05) is 43.3 Å². The van der Waals surface area contributed by atoms with Crippen LogP contribution in [0.15, 0.2) is 108 Å². The molecule has 0 fully saturated rings. The number of anilines is 1. The monoisotopic (exact) mass is 594 g/mol. The molecule has 0 heterocycles. The molecule has 2 N–H and O–H groups in total. The molecule has 0 bridgehead atoms. The van der Waals surface area contributed by atoms with Crippen LogP contribution >= 0.6 is 0 Å². The number of benzene rings is 4. The molecule has 224 valence electrons. The van der Waals surface area contributed by atoms with Gasteiger partial charge in [-0.1, -0.05) is 30.3 Å². The lowest BCUT2D eigenvalue weighted by Crippen LogP contribution is -2.32. The number of hydrogen-bond donors (Lipinski definition) is 2. The SMILES string of the molecule is CCOc1cc(/C=N/NC(=O)/C(=C/c2ccc(N(C)C)cc2)NC(=O)c2ccccc2)ccc1OC(=O)c1ccc(F)cc1. The number of rotatable bonds is 11. The summed E-state index contributed by atoms with van der Waals surface area (Å²) in [6.07, 6.45) is 2.94. The molecule has 4 aromatic rings. The maximum atomic E-state index is 13.2. The molecule has 0 aliphatic carbocycles. The molecule has 0 unspecified atom stereocenters. The van der Waals surface area contributed by atoms with Gasteiger partial charge in [0.05, 0.1) is 18.4 Å². The molecule has 4 rings (SSSR count). The summed E-state index contributed by atoms with van der Waals surface area (Å²) in [4.78, 5) is 40.5. The lowest BCUT2D eigenvalue weighted by molar-refractivity contribution is -0.117. The Kier molecular flexibility index (Phi) is 10.6. The highest BCUT2D eigenvalue weighted by Crippen LogP contribution is 2.29. The maximum absolute atomic E-state index is 13.2. The van der Waals surface area contributed by atoms with Crippen LogP contribution in [0.5, 0.6) is 11.5 Å². The number of ether oxygens (including phenoxy) is 2. The van der Waals surface area contributed by atoms with E-state index in [1.165, 1.54) is 36.5 Å². The van der Waals surface area contributed by atoms with Gasteiger partial charge in [-0.3, -0.25) is 9.59 Å². The molecular weight excluding hydrogens is 563 g/mol. The van der Waals surface area contributed by atoms with Crippen molar-refractivity contribution < 1.29 is 28.2 Å². The van der Waals surface area contributed by atoms with E-state index in [-0.39, 0.29) is 22.8 Å². The minimum Gasteiger partial charge on any atom is -0.490 e. The molecule has 0 radical (unpaired) electrons. The summed E-state index contributed by atoms with van der Waals surface area (Å²) in [5.74, 6) is -1.79. The molecule has 44 heavy (non-hydrogen) atoms. The number of carbonyl (C=O) groups excluding carboxylic acids is 3. The third kappa shape index (κ3) is 8.62. The van der Waals surface area contributed by atoms with E-state index in [4.69, 9.17) is 9.47 Å². The van der Waals surface area contributed by atoms with Crippen molar-refractivity contribution in [2.45, 2.75) is 6.92 Å². The zero-order valence-corrected chi connectivity index (χ0v) is 24.4. The summed E-state index contributed by atoms with van der Waals surface area (Å²) in [6, 6.07) is 25.7. The highest BCUT2D eigenvalue weighted by atomic mass is 19.1. The Morgan fingerprint density at radius 2 is 1.52 bits per heavy atom. The first kappa shape index (κ1) is 31.2. The van der Waals surface area contributed by atoms with E-state index in [1.54, 1.807) is 55.5 Å². The van der Waals surface area contributed by atoms with Crippen molar-refractivity contribution in [3.8, 4) is 11.5 Å². The summed E-state index contributed by atoms with van der Waals surface area (Å²) < 4.78 is 24.3. The highest BCUT2D eigenvalue weighted by Gasteiger charge is 2.16. The molecule has 9 nitrogen and oxygen atoms in total. The molecule has 0 aliphatic heterocycles. The molecule has 0 aliphatic rings. The van der Waals surface area contributed by atoms with Gasteiger partial charge in [-0.15, -0.1) is 0 Å². The number of amides is 2. The Bertz CT molecular complexity index is 1670. The Balaban J connectivity index is 1.50. The molecule has 10 heteroatoms. The summed E-state index contributed by atoms with van der Waals surface area (Å²) in [7, 11) is 3.85. The Hall–Kier alpha value is -5.77. The van der Waals surface area contributed by atoms with Crippen molar-refractivity contribution in [2.75, 3.05) is 25.6 Å². The van der Waals surface area contributed by atoms with Crippen LogP contribution in [0.25, 0.3) is 6.08 Å².